The Balaban J connectivity index is 2.98. The number of anilines is 1. The van der Waals surface area contributed by atoms with E-state index in [0.717, 1.165) is 5.75 Å². The molecular formula is C6H8N4S. The van der Waals surface area contributed by atoms with Gasteiger partial charge in [0.1, 0.15) is 22.5 Å². The van der Waals surface area contributed by atoms with Crippen LogP contribution < -0.4 is 5.73 Å². The molecule has 58 valence electrons. The van der Waals surface area contributed by atoms with Gasteiger partial charge < -0.3 is 5.73 Å². The molecule has 0 aliphatic heterocycles. The molecule has 4 nitrogen and oxygen atoms in total. The number of aromatic nitrogens is 2. The van der Waals surface area contributed by atoms with E-state index in [0.29, 0.717) is 16.4 Å². The number of nitriles is 1. The van der Waals surface area contributed by atoms with E-state index in [9.17, 15) is 0 Å². The van der Waals surface area contributed by atoms with E-state index in [2.05, 4.69) is 10.2 Å². The Kier molecular flexibility index (Phi) is 2.39. The normalized spacial score (nSPS) is 9.45. The van der Waals surface area contributed by atoms with Crippen LogP contribution in [-0.4, -0.2) is 16.0 Å². The van der Waals surface area contributed by atoms with Crippen molar-refractivity contribution < 1.29 is 0 Å². The molecule has 0 atom stereocenters. The van der Waals surface area contributed by atoms with Gasteiger partial charge in [-0.05, 0) is 5.75 Å². The molecule has 0 bridgehead atoms. The first-order chi connectivity index (χ1) is 5.29. The van der Waals surface area contributed by atoms with Crippen molar-refractivity contribution in [2.45, 2.75) is 11.9 Å². The summed E-state index contributed by atoms with van der Waals surface area (Å²) in [4.78, 5) is 0. The van der Waals surface area contributed by atoms with E-state index >= 15 is 0 Å². The minimum absolute atomic E-state index is 0.350. The fourth-order valence-corrected chi connectivity index (χ4v) is 1.37. The predicted molar refractivity (Wildman–Crippen MR) is 44.1 cm³/mol. The van der Waals surface area contributed by atoms with Crippen molar-refractivity contribution in [1.29, 1.82) is 5.26 Å². The maximum Gasteiger partial charge on any atom is 0.138 e. The number of thioether (sulfide) groups is 1. The highest BCUT2D eigenvalue weighted by atomic mass is 32.2. The topological polar surface area (TPSA) is 78.5 Å². The minimum Gasteiger partial charge on any atom is -0.383 e. The summed E-state index contributed by atoms with van der Waals surface area (Å²) in [6.07, 6.45) is 0. The third-order valence-electron chi connectivity index (χ3n) is 1.15. The number of hydrogen-bond acceptors (Lipinski definition) is 4. The Labute approximate surface area is 68.8 Å². The summed E-state index contributed by atoms with van der Waals surface area (Å²) < 4.78 is 0. The molecule has 11 heavy (non-hydrogen) atoms. The number of aromatic amines is 1. The van der Waals surface area contributed by atoms with Crippen molar-refractivity contribution in [3.05, 3.63) is 5.56 Å². The third kappa shape index (κ3) is 1.46. The number of nitrogens with one attached hydrogen (secondary N) is 1. The van der Waals surface area contributed by atoms with Crippen molar-refractivity contribution in [3.8, 4) is 6.07 Å². The van der Waals surface area contributed by atoms with Gasteiger partial charge in [-0.3, -0.25) is 5.10 Å². The van der Waals surface area contributed by atoms with Crippen LogP contribution in [0.4, 0.5) is 5.82 Å². The van der Waals surface area contributed by atoms with E-state index in [1.54, 1.807) is 0 Å². The molecule has 0 amide bonds. The number of nitrogen functional groups attached to an aromatic ring is 1. The van der Waals surface area contributed by atoms with Crippen molar-refractivity contribution >= 4 is 17.6 Å². The Bertz CT molecular complexity index is 285. The summed E-state index contributed by atoms with van der Waals surface area (Å²) in [5.41, 5.74) is 5.88. The van der Waals surface area contributed by atoms with E-state index in [1.807, 2.05) is 13.0 Å². The lowest BCUT2D eigenvalue weighted by atomic mass is 10.4. The fraction of sp³-hybridized carbons (Fsp3) is 0.333. The molecule has 0 aliphatic carbocycles. The van der Waals surface area contributed by atoms with Crippen LogP contribution in [0.5, 0.6) is 0 Å². The lowest BCUT2D eigenvalue weighted by Gasteiger charge is -1.89. The number of nitrogens with two attached hydrogens (primary N) is 1. The van der Waals surface area contributed by atoms with Gasteiger partial charge in [-0.15, -0.1) is 11.8 Å². The summed E-state index contributed by atoms with van der Waals surface area (Å²) in [7, 11) is 0. The predicted octanol–water partition coefficient (Wildman–Crippen LogP) is 0.976. The quantitative estimate of drug-likeness (QED) is 0.645. The zero-order valence-electron chi connectivity index (χ0n) is 6.09. The van der Waals surface area contributed by atoms with Crippen LogP contribution >= 0.6 is 11.8 Å². The molecular weight excluding hydrogens is 160 g/mol. The van der Waals surface area contributed by atoms with Gasteiger partial charge >= 0.3 is 0 Å². The van der Waals surface area contributed by atoms with Crippen LogP contribution in [0, 0.1) is 11.3 Å². The standard InChI is InChI=1S/C6H8N4S/c1-2-11-6-4(3-7)5(8)9-10-6/h2H2,1H3,(H3,8,9,10). The fourth-order valence-electron chi connectivity index (χ4n) is 0.687. The first-order valence-corrected chi connectivity index (χ1v) is 4.15. The molecule has 0 saturated carbocycles. The zero-order chi connectivity index (χ0) is 8.27. The van der Waals surface area contributed by atoms with Gasteiger partial charge in [-0.1, -0.05) is 6.92 Å². The van der Waals surface area contributed by atoms with Crippen molar-refractivity contribution in [3.63, 3.8) is 0 Å². The minimum atomic E-state index is 0.350. The SMILES string of the molecule is CCSc1n[nH]c(N)c1C#N. The average molecular weight is 168 g/mol. The highest BCUT2D eigenvalue weighted by Crippen LogP contribution is 2.22. The molecule has 0 radical (unpaired) electrons. The Morgan fingerprint density at radius 2 is 2.55 bits per heavy atom. The summed E-state index contributed by atoms with van der Waals surface area (Å²) in [6.45, 7) is 2.00. The molecule has 0 aromatic carbocycles. The van der Waals surface area contributed by atoms with Gasteiger partial charge in [0.05, 0.1) is 0 Å². The molecule has 1 heterocycles. The van der Waals surface area contributed by atoms with E-state index in [-0.39, 0.29) is 0 Å². The van der Waals surface area contributed by atoms with Crippen molar-refractivity contribution in [2.75, 3.05) is 11.5 Å². The second-order valence-corrected chi connectivity index (χ2v) is 3.11. The second-order valence-electron chi connectivity index (χ2n) is 1.86. The summed E-state index contributed by atoms with van der Waals surface area (Å²) in [5.74, 6) is 1.24. The number of hydrogen-bond donors (Lipinski definition) is 2. The second kappa shape index (κ2) is 3.30. The van der Waals surface area contributed by atoms with E-state index in [4.69, 9.17) is 11.0 Å². The van der Waals surface area contributed by atoms with Crippen LogP contribution in [0.1, 0.15) is 12.5 Å². The lowest BCUT2D eigenvalue weighted by Crippen LogP contribution is -1.87. The van der Waals surface area contributed by atoms with Gasteiger partial charge in [0, 0.05) is 0 Å². The Morgan fingerprint density at radius 3 is 3.09 bits per heavy atom. The van der Waals surface area contributed by atoms with Gasteiger partial charge in [0.2, 0.25) is 0 Å². The van der Waals surface area contributed by atoms with Crippen LogP contribution in [0.3, 0.4) is 0 Å². The maximum atomic E-state index is 8.61. The first-order valence-electron chi connectivity index (χ1n) is 3.16. The summed E-state index contributed by atoms with van der Waals surface area (Å²) in [5, 5.41) is 15.7. The van der Waals surface area contributed by atoms with Crippen LogP contribution in [0.15, 0.2) is 5.03 Å². The molecule has 0 unspecified atom stereocenters. The molecule has 5 heteroatoms. The highest BCUT2D eigenvalue weighted by molar-refractivity contribution is 7.99. The first kappa shape index (κ1) is 7.95. The third-order valence-corrected chi connectivity index (χ3v) is 2.01. The largest absolute Gasteiger partial charge is 0.383 e. The number of H-pyrrole nitrogens is 1. The van der Waals surface area contributed by atoms with Gasteiger partial charge in [0.15, 0.2) is 0 Å². The van der Waals surface area contributed by atoms with Crippen LogP contribution in [-0.2, 0) is 0 Å². The molecule has 0 fully saturated rings. The van der Waals surface area contributed by atoms with Gasteiger partial charge in [-0.2, -0.15) is 10.4 Å². The van der Waals surface area contributed by atoms with Crippen LogP contribution in [0.25, 0.3) is 0 Å². The molecule has 1 rings (SSSR count). The molecule has 0 aliphatic rings. The maximum absolute atomic E-state index is 8.61. The zero-order valence-corrected chi connectivity index (χ0v) is 6.90. The number of rotatable bonds is 2. The molecule has 3 N–H and O–H groups in total. The van der Waals surface area contributed by atoms with Crippen molar-refractivity contribution in [1.82, 2.24) is 10.2 Å². The summed E-state index contributed by atoms with van der Waals surface area (Å²) in [6, 6.07) is 1.99. The molecule has 0 spiro atoms. The monoisotopic (exact) mass is 168 g/mol. The molecule has 0 saturated heterocycles. The summed E-state index contributed by atoms with van der Waals surface area (Å²) >= 11 is 1.50. The van der Waals surface area contributed by atoms with Gasteiger partial charge in [-0.25, -0.2) is 0 Å². The Hall–Kier alpha value is -1.15. The van der Waals surface area contributed by atoms with Gasteiger partial charge in [0.25, 0.3) is 0 Å². The average Bonchev–Trinajstić information content (AvgIpc) is 2.33. The highest BCUT2D eigenvalue weighted by Gasteiger charge is 2.08. The number of nitrogens with zero attached hydrogens (tertiary/aromatic N) is 2. The Morgan fingerprint density at radius 1 is 1.82 bits per heavy atom. The molecule has 1 aromatic heterocycles. The van der Waals surface area contributed by atoms with E-state index in [1.165, 1.54) is 11.8 Å². The smallest absolute Gasteiger partial charge is 0.138 e. The lowest BCUT2D eigenvalue weighted by molar-refractivity contribution is 1.01. The van der Waals surface area contributed by atoms with Crippen LogP contribution in [0.2, 0.25) is 0 Å². The molecule has 1 aromatic rings. The van der Waals surface area contributed by atoms with E-state index < -0.39 is 0 Å². The van der Waals surface area contributed by atoms with Crippen molar-refractivity contribution in [2.24, 2.45) is 0 Å².